The molecule has 0 saturated heterocycles. The van der Waals surface area contributed by atoms with Gasteiger partial charge in [0.15, 0.2) is 6.10 Å². The summed E-state index contributed by atoms with van der Waals surface area (Å²) in [5, 5.41) is 0. The Morgan fingerprint density at radius 2 is 1.80 bits per heavy atom. The molecule has 0 spiro atoms. The predicted molar refractivity (Wildman–Crippen MR) is 74.3 cm³/mol. The third kappa shape index (κ3) is 1.93. The van der Waals surface area contributed by atoms with Gasteiger partial charge in [-0.3, -0.25) is 14.2 Å². The molecule has 0 radical (unpaired) electrons. The molecular weight excluding hydrogens is 254 g/mol. The van der Waals surface area contributed by atoms with E-state index in [0.717, 1.165) is 11.4 Å². The molecule has 1 aromatic heterocycles. The highest BCUT2D eigenvalue weighted by molar-refractivity contribution is 6.06. The van der Waals surface area contributed by atoms with Crippen LogP contribution in [0, 0.1) is 13.8 Å². The van der Waals surface area contributed by atoms with E-state index in [4.69, 9.17) is 4.74 Å². The lowest BCUT2D eigenvalue weighted by molar-refractivity contribution is 0.0739. The van der Waals surface area contributed by atoms with Crippen LogP contribution in [0.2, 0.25) is 0 Å². The van der Waals surface area contributed by atoms with Crippen LogP contribution in [0.4, 0.5) is 0 Å². The van der Waals surface area contributed by atoms with Crippen LogP contribution in [0.3, 0.4) is 0 Å². The first-order chi connectivity index (χ1) is 9.58. The van der Waals surface area contributed by atoms with E-state index in [1.54, 1.807) is 22.8 Å². The van der Waals surface area contributed by atoms with Crippen LogP contribution in [-0.4, -0.2) is 22.4 Å². The molecule has 2 heterocycles. The average Bonchev–Trinajstić information content (AvgIpc) is 2.92. The van der Waals surface area contributed by atoms with Gasteiger partial charge in [0.05, 0.1) is 12.0 Å². The van der Waals surface area contributed by atoms with Crippen molar-refractivity contribution in [3.63, 3.8) is 0 Å². The van der Waals surface area contributed by atoms with Crippen molar-refractivity contribution >= 4 is 11.7 Å². The summed E-state index contributed by atoms with van der Waals surface area (Å²) in [6.07, 6.45) is -0.648. The molecule has 1 aliphatic rings. The SMILES string of the molecule is Cc1ccc(C)n1C(=O)CC1Oc2ccccc2C1=O. The molecule has 0 amide bonds. The first-order valence-electron chi connectivity index (χ1n) is 6.56. The number of hydrogen-bond acceptors (Lipinski definition) is 3. The number of carbonyl (C=O) groups is 2. The summed E-state index contributed by atoms with van der Waals surface area (Å²) in [4.78, 5) is 24.5. The van der Waals surface area contributed by atoms with Crippen molar-refractivity contribution in [2.24, 2.45) is 0 Å². The molecule has 1 unspecified atom stereocenters. The minimum Gasteiger partial charge on any atom is -0.481 e. The van der Waals surface area contributed by atoms with Gasteiger partial charge in [-0.25, -0.2) is 0 Å². The molecule has 0 saturated carbocycles. The fourth-order valence-corrected chi connectivity index (χ4v) is 2.60. The second-order valence-corrected chi connectivity index (χ2v) is 5.02. The fraction of sp³-hybridized carbons (Fsp3) is 0.250. The van der Waals surface area contributed by atoms with E-state index in [1.807, 2.05) is 32.0 Å². The number of aromatic nitrogens is 1. The number of rotatable bonds is 2. The minimum absolute atomic E-state index is 0.0594. The Balaban J connectivity index is 1.81. The van der Waals surface area contributed by atoms with Crippen molar-refractivity contribution in [3.8, 4) is 5.75 Å². The van der Waals surface area contributed by atoms with Gasteiger partial charge in [-0.2, -0.15) is 0 Å². The lowest BCUT2D eigenvalue weighted by Crippen LogP contribution is -2.27. The molecule has 0 fully saturated rings. The second kappa shape index (κ2) is 4.63. The molecular formula is C16H15NO3. The van der Waals surface area contributed by atoms with Crippen LogP contribution in [0.25, 0.3) is 0 Å². The van der Waals surface area contributed by atoms with Crippen molar-refractivity contribution in [2.75, 3.05) is 0 Å². The summed E-state index contributed by atoms with van der Waals surface area (Å²) in [7, 11) is 0. The van der Waals surface area contributed by atoms with Gasteiger partial charge in [0.1, 0.15) is 5.75 Å². The van der Waals surface area contributed by atoms with Crippen molar-refractivity contribution in [3.05, 3.63) is 53.3 Å². The van der Waals surface area contributed by atoms with Crippen molar-refractivity contribution in [1.82, 2.24) is 4.57 Å². The maximum absolute atomic E-state index is 12.3. The molecule has 1 atom stereocenters. The molecule has 1 aliphatic heterocycles. The van der Waals surface area contributed by atoms with Crippen LogP contribution >= 0.6 is 0 Å². The lowest BCUT2D eigenvalue weighted by atomic mass is 10.1. The van der Waals surface area contributed by atoms with Gasteiger partial charge in [0.2, 0.25) is 11.7 Å². The number of ketones is 1. The molecule has 3 rings (SSSR count). The lowest BCUT2D eigenvalue weighted by Gasteiger charge is -2.11. The number of aryl methyl sites for hydroxylation is 2. The number of para-hydroxylation sites is 1. The zero-order valence-electron chi connectivity index (χ0n) is 11.4. The Hall–Kier alpha value is -2.36. The number of fused-ring (bicyclic) bond motifs is 1. The molecule has 4 heteroatoms. The summed E-state index contributed by atoms with van der Waals surface area (Å²) in [6, 6.07) is 10.9. The Bertz CT molecular complexity index is 680. The van der Waals surface area contributed by atoms with E-state index in [1.165, 1.54) is 0 Å². The van der Waals surface area contributed by atoms with E-state index in [0.29, 0.717) is 11.3 Å². The first kappa shape index (κ1) is 12.7. The smallest absolute Gasteiger partial charge is 0.235 e. The van der Waals surface area contributed by atoms with Crippen molar-refractivity contribution in [2.45, 2.75) is 26.4 Å². The summed E-state index contributed by atoms with van der Waals surface area (Å²) >= 11 is 0. The van der Waals surface area contributed by atoms with Gasteiger partial charge in [-0.15, -0.1) is 0 Å². The second-order valence-electron chi connectivity index (χ2n) is 5.02. The first-order valence-corrected chi connectivity index (χ1v) is 6.56. The number of benzene rings is 1. The van der Waals surface area contributed by atoms with E-state index in [2.05, 4.69) is 0 Å². The summed E-state index contributed by atoms with van der Waals surface area (Å²) < 4.78 is 7.21. The molecule has 0 bridgehead atoms. The molecule has 0 aliphatic carbocycles. The Kier molecular flexibility index (Phi) is 2.93. The maximum Gasteiger partial charge on any atom is 0.235 e. The van der Waals surface area contributed by atoms with Gasteiger partial charge < -0.3 is 4.74 Å². The highest BCUT2D eigenvalue weighted by Gasteiger charge is 2.34. The van der Waals surface area contributed by atoms with Gasteiger partial charge in [0.25, 0.3) is 0 Å². The van der Waals surface area contributed by atoms with E-state index in [9.17, 15) is 9.59 Å². The zero-order chi connectivity index (χ0) is 14.3. The topological polar surface area (TPSA) is 48.3 Å². The number of Topliss-reactive ketones (excluding diaryl/α,β-unsaturated/α-hetero) is 1. The summed E-state index contributed by atoms with van der Waals surface area (Å²) in [6.45, 7) is 3.74. The average molecular weight is 269 g/mol. The van der Waals surface area contributed by atoms with Crippen LogP contribution < -0.4 is 4.74 Å². The fourth-order valence-electron chi connectivity index (χ4n) is 2.60. The van der Waals surface area contributed by atoms with E-state index < -0.39 is 6.10 Å². The summed E-state index contributed by atoms with van der Waals surface area (Å²) in [5.74, 6) is 0.337. The van der Waals surface area contributed by atoms with Gasteiger partial charge >= 0.3 is 0 Å². The molecule has 2 aromatic rings. The standard InChI is InChI=1S/C16H15NO3/c1-10-7-8-11(2)17(10)15(18)9-14-16(19)12-5-3-4-6-13(12)20-14/h3-8,14H,9H2,1-2H3. The third-order valence-corrected chi connectivity index (χ3v) is 3.59. The normalized spacial score (nSPS) is 16.9. The van der Waals surface area contributed by atoms with E-state index in [-0.39, 0.29) is 18.1 Å². The molecule has 4 nitrogen and oxygen atoms in total. The Morgan fingerprint density at radius 3 is 2.45 bits per heavy atom. The zero-order valence-corrected chi connectivity index (χ0v) is 11.4. The molecule has 20 heavy (non-hydrogen) atoms. The Morgan fingerprint density at radius 1 is 1.15 bits per heavy atom. The van der Waals surface area contributed by atoms with Crippen molar-refractivity contribution < 1.29 is 14.3 Å². The number of nitrogens with zero attached hydrogens (tertiary/aromatic N) is 1. The molecule has 102 valence electrons. The number of ether oxygens (including phenoxy) is 1. The van der Waals surface area contributed by atoms with Crippen LogP contribution in [0.1, 0.15) is 33.0 Å². The summed E-state index contributed by atoms with van der Waals surface area (Å²) in [5.41, 5.74) is 2.30. The number of carbonyl (C=O) groups excluding carboxylic acids is 2. The predicted octanol–water partition coefficient (Wildman–Crippen LogP) is 2.78. The third-order valence-electron chi connectivity index (χ3n) is 3.59. The van der Waals surface area contributed by atoms with Gasteiger partial charge in [-0.05, 0) is 38.1 Å². The van der Waals surface area contributed by atoms with E-state index >= 15 is 0 Å². The van der Waals surface area contributed by atoms with Crippen LogP contribution in [0.5, 0.6) is 5.75 Å². The quantitative estimate of drug-likeness (QED) is 0.842. The molecule has 1 aromatic carbocycles. The molecule has 0 N–H and O–H groups in total. The highest BCUT2D eigenvalue weighted by atomic mass is 16.5. The van der Waals surface area contributed by atoms with Gasteiger partial charge in [0, 0.05) is 11.4 Å². The highest BCUT2D eigenvalue weighted by Crippen LogP contribution is 2.29. The van der Waals surface area contributed by atoms with Crippen molar-refractivity contribution in [1.29, 1.82) is 0 Å². The largest absolute Gasteiger partial charge is 0.481 e. The monoisotopic (exact) mass is 269 g/mol. The van der Waals surface area contributed by atoms with Crippen LogP contribution in [0.15, 0.2) is 36.4 Å². The Labute approximate surface area is 117 Å². The minimum atomic E-state index is -0.707. The maximum atomic E-state index is 12.3. The van der Waals surface area contributed by atoms with Crippen LogP contribution in [-0.2, 0) is 0 Å². The number of hydrogen-bond donors (Lipinski definition) is 0. The van der Waals surface area contributed by atoms with Gasteiger partial charge in [-0.1, -0.05) is 12.1 Å².